The van der Waals surface area contributed by atoms with Crippen LogP contribution in [0.25, 0.3) is 0 Å². The molecule has 24 heavy (non-hydrogen) atoms. The summed E-state index contributed by atoms with van der Waals surface area (Å²) in [6.45, 7) is 7.00. The summed E-state index contributed by atoms with van der Waals surface area (Å²) in [5, 5.41) is 3.45. The molecule has 0 unspecified atom stereocenters. The molecule has 0 saturated heterocycles. The van der Waals surface area contributed by atoms with Crippen molar-refractivity contribution in [3.63, 3.8) is 0 Å². The van der Waals surface area contributed by atoms with Gasteiger partial charge in [-0.25, -0.2) is 9.97 Å². The zero-order valence-electron chi connectivity index (χ0n) is 13.9. The van der Waals surface area contributed by atoms with E-state index in [4.69, 9.17) is 0 Å². The third-order valence-electron chi connectivity index (χ3n) is 3.32. The van der Waals surface area contributed by atoms with Crippen LogP contribution in [0.4, 0.5) is 5.69 Å². The van der Waals surface area contributed by atoms with E-state index < -0.39 is 0 Å². The molecule has 1 aromatic carbocycles. The zero-order valence-corrected chi connectivity index (χ0v) is 16.9. The van der Waals surface area contributed by atoms with Crippen molar-refractivity contribution in [1.29, 1.82) is 0 Å². The monoisotopic (exact) mass is 455 g/mol. The number of carbonyl (C=O) groups is 2. The maximum atomic E-state index is 12.2. The van der Waals surface area contributed by atoms with Crippen LogP contribution in [0.15, 0.2) is 23.2 Å². The standard InChI is InChI=1S/C17H18IN3O2S/c1-9-7-13(18)5-6-14(9)21-15(23)8-24-17-16(11(3)22)10(2)19-12(4)20-17/h5-7H,8H2,1-4H3,(H,21,23). The predicted octanol–water partition coefficient (Wildman–Crippen LogP) is 3.94. The molecule has 0 bridgehead atoms. The fourth-order valence-corrected chi connectivity index (χ4v) is 3.90. The first-order chi connectivity index (χ1) is 11.3. The van der Waals surface area contributed by atoms with Gasteiger partial charge in [0.1, 0.15) is 10.9 Å². The molecular weight excluding hydrogens is 437 g/mol. The average Bonchev–Trinajstić information content (AvgIpc) is 2.47. The second-order valence-electron chi connectivity index (χ2n) is 5.39. The first-order valence-corrected chi connectivity index (χ1v) is 9.39. The van der Waals surface area contributed by atoms with Gasteiger partial charge in [-0.3, -0.25) is 9.59 Å². The van der Waals surface area contributed by atoms with E-state index in [1.54, 1.807) is 13.8 Å². The summed E-state index contributed by atoms with van der Waals surface area (Å²) in [6.07, 6.45) is 0. The van der Waals surface area contributed by atoms with Crippen LogP contribution in [0.1, 0.15) is 34.4 Å². The zero-order chi connectivity index (χ0) is 17.9. The van der Waals surface area contributed by atoms with E-state index in [9.17, 15) is 9.59 Å². The number of Topliss-reactive ketones (excluding diaryl/α,β-unsaturated/α-hetero) is 1. The number of thioether (sulfide) groups is 1. The third kappa shape index (κ3) is 4.76. The highest BCUT2D eigenvalue weighted by Crippen LogP contribution is 2.24. The molecule has 1 aromatic heterocycles. The van der Waals surface area contributed by atoms with Gasteiger partial charge in [-0.05, 0) is 74.0 Å². The molecule has 0 spiro atoms. The fraction of sp³-hybridized carbons (Fsp3) is 0.294. The van der Waals surface area contributed by atoms with E-state index >= 15 is 0 Å². The van der Waals surface area contributed by atoms with E-state index in [-0.39, 0.29) is 17.4 Å². The largest absolute Gasteiger partial charge is 0.325 e. The van der Waals surface area contributed by atoms with Gasteiger partial charge in [-0.1, -0.05) is 11.8 Å². The van der Waals surface area contributed by atoms with Gasteiger partial charge in [0.05, 0.1) is 17.0 Å². The van der Waals surface area contributed by atoms with Crippen molar-refractivity contribution in [3.8, 4) is 0 Å². The van der Waals surface area contributed by atoms with Gasteiger partial charge in [0.25, 0.3) is 0 Å². The van der Waals surface area contributed by atoms with Crippen LogP contribution in [-0.2, 0) is 4.79 Å². The number of carbonyl (C=O) groups excluding carboxylic acids is 2. The van der Waals surface area contributed by atoms with Gasteiger partial charge in [0.15, 0.2) is 5.78 Å². The Hall–Kier alpha value is -1.48. The number of ketones is 1. The Morgan fingerprint density at radius 2 is 1.92 bits per heavy atom. The number of hydrogen-bond acceptors (Lipinski definition) is 5. The maximum Gasteiger partial charge on any atom is 0.234 e. The first kappa shape index (κ1) is 18.9. The molecule has 0 aliphatic heterocycles. The van der Waals surface area contributed by atoms with Gasteiger partial charge in [0, 0.05) is 9.26 Å². The van der Waals surface area contributed by atoms with Gasteiger partial charge in [-0.15, -0.1) is 0 Å². The lowest BCUT2D eigenvalue weighted by Crippen LogP contribution is -2.16. The van der Waals surface area contributed by atoms with Crippen LogP contribution in [-0.4, -0.2) is 27.4 Å². The van der Waals surface area contributed by atoms with Crippen molar-refractivity contribution in [2.45, 2.75) is 32.7 Å². The third-order valence-corrected chi connectivity index (χ3v) is 4.97. The molecule has 5 nitrogen and oxygen atoms in total. The lowest BCUT2D eigenvalue weighted by Gasteiger charge is -2.11. The molecule has 2 aromatic rings. The van der Waals surface area contributed by atoms with Crippen LogP contribution in [0.5, 0.6) is 0 Å². The molecule has 126 valence electrons. The summed E-state index contributed by atoms with van der Waals surface area (Å²) in [4.78, 5) is 32.6. The van der Waals surface area contributed by atoms with E-state index in [0.29, 0.717) is 22.1 Å². The van der Waals surface area contributed by atoms with Gasteiger partial charge in [0.2, 0.25) is 5.91 Å². The van der Waals surface area contributed by atoms with Crippen molar-refractivity contribution in [1.82, 2.24) is 9.97 Å². The van der Waals surface area contributed by atoms with Crippen molar-refractivity contribution in [3.05, 3.63) is 44.4 Å². The van der Waals surface area contributed by atoms with E-state index in [0.717, 1.165) is 14.8 Å². The first-order valence-electron chi connectivity index (χ1n) is 7.33. The summed E-state index contributed by atoms with van der Waals surface area (Å²) < 4.78 is 1.12. The van der Waals surface area contributed by atoms with Gasteiger partial charge in [-0.2, -0.15) is 0 Å². The Morgan fingerprint density at radius 3 is 2.54 bits per heavy atom. The molecule has 7 heteroatoms. The minimum Gasteiger partial charge on any atom is -0.325 e. The quantitative estimate of drug-likeness (QED) is 0.320. The summed E-state index contributed by atoms with van der Waals surface area (Å²) in [5.74, 6) is 0.548. The number of hydrogen-bond donors (Lipinski definition) is 1. The Kier molecular flexibility index (Phi) is 6.34. The Balaban J connectivity index is 2.10. The molecule has 0 atom stereocenters. The minimum absolute atomic E-state index is 0.0936. The molecule has 1 N–H and O–H groups in total. The second kappa shape index (κ2) is 8.06. The van der Waals surface area contributed by atoms with Gasteiger partial charge < -0.3 is 5.32 Å². The highest BCUT2D eigenvalue weighted by molar-refractivity contribution is 14.1. The number of aryl methyl sites for hydroxylation is 3. The number of aromatic nitrogens is 2. The Labute approximate surface area is 159 Å². The summed E-state index contributed by atoms with van der Waals surface area (Å²) >= 11 is 3.49. The van der Waals surface area contributed by atoms with Crippen LogP contribution < -0.4 is 5.32 Å². The number of halogens is 1. The fourth-order valence-electron chi connectivity index (χ4n) is 2.28. The smallest absolute Gasteiger partial charge is 0.234 e. The van der Waals surface area contributed by atoms with Crippen LogP contribution >= 0.6 is 34.4 Å². The van der Waals surface area contributed by atoms with Crippen molar-refractivity contribution >= 4 is 51.7 Å². The number of rotatable bonds is 5. The molecule has 0 aliphatic carbocycles. The number of nitrogens with zero attached hydrogens (tertiary/aromatic N) is 2. The number of nitrogens with one attached hydrogen (secondary N) is 1. The molecular formula is C17H18IN3O2S. The Bertz CT molecular complexity index is 809. The number of amides is 1. The van der Waals surface area contributed by atoms with E-state index in [1.807, 2.05) is 25.1 Å². The van der Waals surface area contributed by atoms with Crippen LogP contribution in [0, 0.1) is 24.3 Å². The molecule has 0 saturated carbocycles. The van der Waals surface area contributed by atoms with E-state index in [1.165, 1.54) is 18.7 Å². The minimum atomic E-state index is -0.132. The molecule has 1 amide bonds. The lowest BCUT2D eigenvalue weighted by molar-refractivity contribution is -0.113. The topological polar surface area (TPSA) is 72.0 Å². The molecule has 0 fully saturated rings. The maximum absolute atomic E-state index is 12.2. The second-order valence-corrected chi connectivity index (χ2v) is 7.60. The lowest BCUT2D eigenvalue weighted by atomic mass is 10.2. The summed E-state index contributed by atoms with van der Waals surface area (Å²) in [6, 6.07) is 5.84. The van der Waals surface area contributed by atoms with Crippen LogP contribution in [0.3, 0.4) is 0 Å². The van der Waals surface area contributed by atoms with Crippen molar-refractivity contribution in [2.75, 3.05) is 11.1 Å². The molecule has 2 rings (SSSR count). The highest BCUT2D eigenvalue weighted by atomic mass is 127. The molecule has 0 radical (unpaired) electrons. The normalized spacial score (nSPS) is 10.5. The SMILES string of the molecule is CC(=O)c1c(C)nc(C)nc1SCC(=O)Nc1ccc(I)cc1C. The summed E-state index contributed by atoms with van der Waals surface area (Å²) in [5.41, 5.74) is 2.94. The number of benzene rings is 1. The predicted molar refractivity (Wildman–Crippen MR) is 105 cm³/mol. The van der Waals surface area contributed by atoms with Crippen molar-refractivity contribution in [2.24, 2.45) is 0 Å². The van der Waals surface area contributed by atoms with Gasteiger partial charge >= 0.3 is 0 Å². The van der Waals surface area contributed by atoms with Crippen LogP contribution in [0.2, 0.25) is 0 Å². The Morgan fingerprint density at radius 1 is 1.21 bits per heavy atom. The van der Waals surface area contributed by atoms with E-state index in [2.05, 4.69) is 37.9 Å². The summed E-state index contributed by atoms with van der Waals surface area (Å²) in [7, 11) is 0. The molecule has 1 heterocycles. The molecule has 0 aliphatic rings. The average molecular weight is 455 g/mol. The highest BCUT2D eigenvalue weighted by Gasteiger charge is 2.16. The van der Waals surface area contributed by atoms with Crippen molar-refractivity contribution < 1.29 is 9.59 Å². The number of anilines is 1.